The molecule has 0 aromatic heterocycles. The van der Waals surface area contributed by atoms with E-state index in [2.05, 4.69) is 6.92 Å². The fourth-order valence-electron chi connectivity index (χ4n) is 3.75. The zero-order chi connectivity index (χ0) is 23.1. The number of benzene rings is 1. The van der Waals surface area contributed by atoms with Gasteiger partial charge in [-0.05, 0) is 43.4 Å². The molecule has 0 aliphatic carbocycles. The fraction of sp³-hybridized carbons (Fsp3) is 0.680. The molecule has 176 valence electrons. The molecular weight excluding hydrogens is 396 g/mol. The van der Waals surface area contributed by atoms with Gasteiger partial charge in [-0.1, -0.05) is 51.5 Å². The molecule has 0 saturated heterocycles. The second-order valence-corrected chi connectivity index (χ2v) is 8.15. The van der Waals surface area contributed by atoms with Crippen LogP contribution in [0.3, 0.4) is 0 Å². The summed E-state index contributed by atoms with van der Waals surface area (Å²) in [5, 5.41) is 9.75. The number of esters is 2. The molecule has 6 heteroatoms. The number of aromatic hydroxyl groups is 1. The first-order valence-corrected chi connectivity index (χ1v) is 11.6. The summed E-state index contributed by atoms with van der Waals surface area (Å²) in [6.07, 6.45) is 10.3. The van der Waals surface area contributed by atoms with Gasteiger partial charge in [0.2, 0.25) is 0 Å². The summed E-state index contributed by atoms with van der Waals surface area (Å²) < 4.78 is 16.2. The predicted molar refractivity (Wildman–Crippen MR) is 121 cm³/mol. The Labute approximate surface area is 187 Å². The van der Waals surface area contributed by atoms with E-state index >= 15 is 0 Å². The van der Waals surface area contributed by atoms with Gasteiger partial charge in [0.05, 0.1) is 7.11 Å². The molecule has 1 aromatic carbocycles. The van der Waals surface area contributed by atoms with E-state index in [1.165, 1.54) is 53.1 Å². The van der Waals surface area contributed by atoms with E-state index < -0.39 is 0 Å². The molecule has 1 rings (SSSR count). The maximum Gasteiger partial charge on any atom is 0.302 e. The molecule has 31 heavy (non-hydrogen) atoms. The van der Waals surface area contributed by atoms with E-state index in [9.17, 15) is 14.7 Å². The quantitative estimate of drug-likeness (QED) is 0.263. The van der Waals surface area contributed by atoms with Gasteiger partial charge < -0.3 is 19.3 Å². The first-order chi connectivity index (χ1) is 14.8. The van der Waals surface area contributed by atoms with Crippen molar-refractivity contribution >= 4 is 11.9 Å². The second kappa shape index (κ2) is 15.5. The molecule has 0 aliphatic heterocycles. The van der Waals surface area contributed by atoms with Gasteiger partial charge in [0.1, 0.15) is 12.2 Å². The highest BCUT2D eigenvalue weighted by molar-refractivity contribution is 5.66. The van der Waals surface area contributed by atoms with Gasteiger partial charge in [0.25, 0.3) is 0 Å². The maximum atomic E-state index is 11.6. The van der Waals surface area contributed by atoms with Gasteiger partial charge >= 0.3 is 11.9 Å². The Kier molecular flexibility index (Phi) is 13.4. The van der Waals surface area contributed by atoms with Crippen LogP contribution in [-0.4, -0.2) is 36.4 Å². The van der Waals surface area contributed by atoms with Crippen molar-refractivity contribution < 1.29 is 28.9 Å². The molecule has 1 N–H and O–H groups in total. The van der Waals surface area contributed by atoms with E-state index in [0.717, 1.165) is 24.8 Å². The fourth-order valence-corrected chi connectivity index (χ4v) is 3.75. The zero-order valence-corrected chi connectivity index (χ0v) is 19.7. The molecule has 2 atom stereocenters. The number of carbonyl (C=O) groups excluding carboxylic acids is 2. The summed E-state index contributed by atoms with van der Waals surface area (Å²) in [5.74, 6) is -0.144. The third-order valence-electron chi connectivity index (χ3n) is 5.32. The minimum Gasteiger partial charge on any atom is -0.504 e. The first-order valence-electron chi connectivity index (χ1n) is 11.6. The minimum atomic E-state index is -0.342. The number of hydrogen-bond acceptors (Lipinski definition) is 6. The highest BCUT2D eigenvalue weighted by Crippen LogP contribution is 2.27. The van der Waals surface area contributed by atoms with Gasteiger partial charge in [-0.3, -0.25) is 9.59 Å². The minimum absolute atomic E-state index is 0.0902. The summed E-state index contributed by atoms with van der Waals surface area (Å²) in [6, 6.07) is 5.20. The average molecular weight is 437 g/mol. The summed E-state index contributed by atoms with van der Waals surface area (Å²) in [6.45, 7) is 5.02. The number of rotatable bonds is 16. The Balaban J connectivity index is 2.62. The lowest BCUT2D eigenvalue weighted by atomic mass is 9.98. The lowest BCUT2D eigenvalue weighted by Gasteiger charge is -2.23. The van der Waals surface area contributed by atoms with Gasteiger partial charge in [0.15, 0.2) is 11.5 Å². The van der Waals surface area contributed by atoms with Crippen molar-refractivity contribution in [2.45, 2.75) is 104 Å². The summed E-state index contributed by atoms with van der Waals surface area (Å²) in [7, 11) is 1.51. The van der Waals surface area contributed by atoms with Crippen LogP contribution in [0.25, 0.3) is 0 Å². The monoisotopic (exact) mass is 436 g/mol. The van der Waals surface area contributed by atoms with Crippen molar-refractivity contribution in [3.8, 4) is 11.5 Å². The van der Waals surface area contributed by atoms with Crippen LogP contribution in [0, 0.1) is 0 Å². The topological polar surface area (TPSA) is 82.1 Å². The Hall–Kier alpha value is -2.24. The van der Waals surface area contributed by atoms with Crippen LogP contribution in [0.4, 0.5) is 0 Å². The van der Waals surface area contributed by atoms with Crippen LogP contribution < -0.4 is 4.74 Å². The Morgan fingerprint density at radius 2 is 1.48 bits per heavy atom. The van der Waals surface area contributed by atoms with Crippen LogP contribution in [0.15, 0.2) is 18.2 Å². The van der Waals surface area contributed by atoms with Gasteiger partial charge in [0, 0.05) is 20.3 Å². The molecule has 0 bridgehead atoms. The SMILES string of the molecule is CCCCCCCCC[C@@H](C[C@@H](CCc1ccc(O)c(OC)c1)OC(C)=O)OC(C)=O. The highest BCUT2D eigenvalue weighted by atomic mass is 16.6. The van der Waals surface area contributed by atoms with Crippen molar-refractivity contribution in [2.24, 2.45) is 0 Å². The lowest BCUT2D eigenvalue weighted by molar-refractivity contribution is -0.153. The number of unbranched alkanes of at least 4 members (excludes halogenated alkanes) is 6. The van der Waals surface area contributed by atoms with Gasteiger partial charge in [-0.25, -0.2) is 0 Å². The molecule has 0 heterocycles. The third kappa shape index (κ3) is 12.3. The molecule has 0 unspecified atom stereocenters. The van der Waals surface area contributed by atoms with Gasteiger partial charge in [-0.15, -0.1) is 0 Å². The number of ether oxygens (including phenoxy) is 3. The number of aryl methyl sites for hydroxylation is 1. The second-order valence-electron chi connectivity index (χ2n) is 8.15. The van der Waals surface area contributed by atoms with Gasteiger partial charge in [-0.2, -0.15) is 0 Å². The van der Waals surface area contributed by atoms with Crippen LogP contribution in [-0.2, 0) is 25.5 Å². The van der Waals surface area contributed by atoms with E-state index in [-0.39, 0.29) is 29.9 Å². The standard InChI is InChI=1S/C25H40O6/c1-5-6-7-8-9-10-11-12-22(30-19(2)26)18-23(31-20(3)27)15-13-21-14-16-24(28)25(17-21)29-4/h14,16-17,22-23,28H,5-13,15,18H2,1-4H3/t22-,23+/m0/s1. The molecule has 0 saturated carbocycles. The molecular formula is C25H40O6. The number of carbonyl (C=O) groups is 2. The summed E-state index contributed by atoms with van der Waals surface area (Å²) in [5.41, 5.74) is 0.975. The van der Waals surface area contributed by atoms with E-state index in [4.69, 9.17) is 14.2 Å². The molecule has 0 radical (unpaired) electrons. The van der Waals surface area contributed by atoms with Crippen molar-refractivity contribution in [1.29, 1.82) is 0 Å². The molecule has 0 amide bonds. The third-order valence-corrected chi connectivity index (χ3v) is 5.32. The van der Waals surface area contributed by atoms with Crippen LogP contribution in [0.1, 0.15) is 90.5 Å². The number of phenols is 1. The highest BCUT2D eigenvalue weighted by Gasteiger charge is 2.21. The number of hydrogen-bond donors (Lipinski definition) is 1. The molecule has 1 aromatic rings. The van der Waals surface area contributed by atoms with E-state index in [1.807, 2.05) is 6.07 Å². The number of phenolic OH excluding ortho intramolecular Hbond substituents is 1. The zero-order valence-electron chi connectivity index (χ0n) is 19.7. The Morgan fingerprint density at radius 3 is 2.06 bits per heavy atom. The van der Waals surface area contributed by atoms with Crippen LogP contribution in [0.2, 0.25) is 0 Å². The molecule has 6 nitrogen and oxygen atoms in total. The average Bonchev–Trinajstić information content (AvgIpc) is 2.71. The van der Waals surface area contributed by atoms with E-state index in [1.54, 1.807) is 12.1 Å². The van der Waals surface area contributed by atoms with Crippen molar-refractivity contribution in [3.63, 3.8) is 0 Å². The van der Waals surface area contributed by atoms with Crippen molar-refractivity contribution in [2.75, 3.05) is 7.11 Å². The largest absolute Gasteiger partial charge is 0.504 e. The summed E-state index contributed by atoms with van der Waals surface area (Å²) >= 11 is 0. The van der Waals surface area contributed by atoms with Crippen molar-refractivity contribution in [1.82, 2.24) is 0 Å². The van der Waals surface area contributed by atoms with Crippen LogP contribution in [0.5, 0.6) is 11.5 Å². The first kappa shape index (κ1) is 26.8. The molecule has 0 fully saturated rings. The summed E-state index contributed by atoms with van der Waals surface area (Å²) in [4.78, 5) is 23.2. The Bertz CT molecular complexity index is 657. The lowest BCUT2D eigenvalue weighted by Crippen LogP contribution is -2.27. The maximum absolute atomic E-state index is 11.6. The predicted octanol–water partition coefficient (Wildman–Crippen LogP) is 5.73. The van der Waals surface area contributed by atoms with E-state index in [0.29, 0.717) is 25.0 Å². The van der Waals surface area contributed by atoms with Crippen molar-refractivity contribution in [3.05, 3.63) is 23.8 Å². The molecule has 0 spiro atoms. The number of methoxy groups -OCH3 is 1. The Morgan fingerprint density at radius 1 is 0.903 bits per heavy atom. The van der Waals surface area contributed by atoms with Crippen LogP contribution >= 0.6 is 0 Å². The smallest absolute Gasteiger partial charge is 0.302 e. The molecule has 0 aliphatic rings. The normalized spacial score (nSPS) is 12.8.